The molecule has 1 aliphatic rings. The number of H-pyrrole nitrogens is 1. The molecule has 0 saturated heterocycles. The van der Waals surface area contributed by atoms with Crippen LogP contribution in [0.5, 0.6) is 0 Å². The Kier molecular flexibility index (Phi) is 7.90. The number of hydrogen-bond donors (Lipinski definition) is 2. The molecule has 36 heavy (non-hydrogen) atoms. The Morgan fingerprint density at radius 1 is 1.08 bits per heavy atom. The van der Waals surface area contributed by atoms with Gasteiger partial charge in [-0.05, 0) is 56.4 Å². The zero-order chi connectivity index (χ0) is 25.7. The van der Waals surface area contributed by atoms with E-state index in [4.69, 9.17) is 0 Å². The zero-order valence-corrected chi connectivity index (χ0v) is 21.2. The molecule has 0 unspecified atom stereocenters. The fourth-order valence-corrected chi connectivity index (χ4v) is 4.37. The van der Waals surface area contributed by atoms with Crippen LogP contribution in [0.2, 0.25) is 0 Å². The second-order valence-electron chi connectivity index (χ2n) is 8.75. The van der Waals surface area contributed by atoms with Crippen molar-refractivity contribution in [3.8, 4) is 11.3 Å². The van der Waals surface area contributed by atoms with Crippen molar-refractivity contribution in [2.45, 2.75) is 26.7 Å². The molecule has 1 aromatic carbocycles. The number of carbonyl (C=O) groups is 1. The smallest absolute Gasteiger partial charge is 0.251 e. The molecular formula is C29H32FN5O. The highest BCUT2D eigenvalue weighted by molar-refractivity contribution is 6.01. The Hall–Kier alpha value is -3.84. The number of aryl methyl sites for hydroxylation is 1. The lowest BCUT2D eigenvalue weighted by Gasteiger charge is -2.17. The van der Waals surface area contributed by atoms with Crippen molar-refractivity contribution >= 4 is 22.4 Å². The molecule has 1 aliphatic carbocycles. The maximum Gasteiger partial charge on any atom is 0.251 e. The normalized spacial score (nSPS) is 12.8. The molecule has 0 fully saturated rings. The Balaban J connectivity index is 0.00000148. The maximum atomic E-state index is 15.3. The summed E-state index contributed by atoms with van der Waals surface area (Å²) < 4.78 is 15.3. The minimum Gasteiger partial charge on any atom is -0.357 e. The molecule has 7 heteroatoms. The van der Waals surface area contributed by atoms with Crippen LogP contribution in [-0.4, -0.2) is 52.9 Å². The Labute approximate surface area is 211 Å². The summed E-state index contributed by atoms with van der Waals surface area (Å²) >= 11 is 0. The highest BCUT2D eigenvalue weighted by atomic mass is 19.1. The second-order valence-corrected chi connectivity index (χ2v) is 8.75. The van der Waals surface area contributed by atoms with Crippen LogP contribution in [0.15, 0.2) is 66.9 Å². The third-order valence-electron chi connectivity index (χ3n) is 6.11. The van der Waals surface area contributed by atoms with Gasteiger partial charge in [-0.1, -0.05) is 26.0 Å². The molecule has 6 nitrogen and oxygen atoms in total. The van der Waals surface area contributed by atoms with Gasteiger partial charge in [0.15, 0.2) is 0 Å². The number of allylic oxidation sites excluding steroid dienone is 1. The van der Waals surface area contributed by atoms with Gasteiger partial charge >= 0.3 is 0 Å². The first-order valence-corrected chi connectivity index (χ1v) is 12.3. The van der Waals surface area contributed by atoms with Crippen LogP contribution >= 0.6 is 0 Å². The van der Waals surface area contributed by atoms with Crippen molar-refractivity contribution < 1.29 is 9.18 Å². The van der Waals surface area contributed by atoms with Crippen LogP contribution in [0.25, 0.3) is 27.7 Å². The summed E-state index contributed by atoms with van der Waals surface area (Å²) in [5, 5.41) is 3.84. The third-order valence-corrected chi connectivity index (χ3v) is 6.11. The number of aromatic amines is 1. The number of carbonyl (C=O) groups excluding carboxylic acids is 1. The quantitative estimate of drug-likeness (QED) is 0.372. The van der Waals surface area contributed by atoms with Crippen molar-refractivity contribution in [1.82, 2.24) is 25.2 Å². The van der Waals surface area contributed by atoms with Crippen LogP contribution in [-0.2, 0) is 6.42 Å². The van der Waals surface area contributed by atoms with E-state index in [0.29, 0.717) is 30.5 Å². The molecule has 1 amide bonds. The topological polar surface area (TPSA) is 73.9 Å². The first-order valence-electron chi connectivity index (χ1n) is 12.3. The molecule has 0 radical (unpaired) electrons. The van der Waals surface area contributed by atoms with E-state index in [-0.39, 0.29) is 11.7 Å². The number of pyridine rings is 2. The summed E-state index contributed by atoms with van der Waals surface area (Å²) in [5.41, 5.74) is 6.34. The molecule has 0 atom stereocenters. The molecule has 2 N–H and O–H groups in total. The van der Waals surface area contributed by atoms with E-state index in [1.807, 2.05) is 63.2 Å². The fourth-order valence-electron chi connectivity index (χ4n) is 4.37. The Morgan fingerprint density at radius 3 is 2.56 bits per heavy atom. The van der Waals surface area contributed by atoms with E-state index in [0.717, 1.165) is 45.5 Å². The molecule has 3 heterocycles. The summed E-state index contributed by atoms with van der Waals surface area (Å²) in [4.78, 5) is 26.7. The number of aromatic nitrogens is 3. The van der Waals surface area contributed by atoms with Gasteiger partial charge < -0.3 is 15.2 Å². The lowest BCUT2D eigenvalue weighted by Crippen LogP contribution is -2.31. The van der Waals surface area contributed by atoms with E-state index < -0.39 is 0 Å². The number of fused-ring (bicyclic) bond motifs is 3. The Morgan fingerprint density at radius 2 is 1.86 bits per heavy atom. The molecule has 0 saturated carbocycles. The van der Waals surface area contributed by atoms with Crippen LogP contribution in [0.1, 0.15) is 47.4 Å². The van der Waals surface area contributed by atoms with Crippen molar-refractivity contribution in [3.63, 3.8) is 0 Å². The number of likely N-dealkylation sites (N-methyl/N-ethyl adjacent to an activating group) is 1. The molecule has 4 aromatic rings. The van der Waals surface area contributed by atoms with Gasteiger partial charge in [-0.25, -0.2) is 4.39 Å². The van der Waals surface area contributed by atoms with Gasteiger partial charge in [0.1, 0.15) is 5.83 Å². The SMILES string of the molecule is CC.CN(C)CCNC(=O)c1ccc(C2=C(F)CCc3[nH]c4cnc(-c5cccnc5)cc4c32)cc1. The predicted octanol–water partition coefficient (Wildman–Crippen LogP) is 5.62. The van der Waals surface area contributed by atoms with Crippen LogP contribution in [0.4, 0.5) is 4.39 Å². The standard InChI is InChI=1S/C27H26FN5O.C2H6/c1-33(2)13-12-30-27(34)18-7-5-17(6-8-18)25-21(28)9-10-22-26(25)20-14-23(31-16-24(20)32-22)19-4-3-11-29-15-19;1-2/h3-8,11,14-16,32H,9-10,12-13H2,1-2H3,(H,30,34);1-2H3. The van der Waals surface area contributed by atoms with Gasteiger partial charge in [-0.2, -0.15) is 0 Å². The molecule has 5 rings (SSSR count). The third kappa shape index (κ3) is 5.21. The summed E-state index contributed by atoms with van der Waals surface area (Å²) in [6.07, 6.45) is 6.24. The average molecular weight is 486 g/mol. The summed E-state index contributed by atoms with van der Waals surface area (Å²) in [7, 11) is 3.92. The summed E-state index contributed by atoms with van der Waals surface area (Å²) in [6, 6.07) is 13.0. The number of hydrogen-bond acceptors (Lipinski definition) is 4. The number of rotatable bonds is 6. The summed E-state index contributed by atoms with van der Waals surface area (Å²) in [6.45, 7) is 5.33. The molecular weight excluding hydrogens is 453 g/mol. The van der Waals surface area contributed by atoms with E-state index >= 15 is 4.39 Å². The highest BCUT2D eigenvalue weighted by Crippen LogP contribution is 2.41. The van der Waals surface area contributed by atoms with Crippen molar-refractivity contribution in [2.75, 3.05) is 27.2 Å². The van der Waals surface area contributed by atoms with Crippen LogP contribution in [0, 0.1) is 0 Å². The fraction of sp³-hybridized carbons (Fsp3) is 0.276. The minimum atomic E-state index is -0.142. The highest BCUT2D eigenvalue weighted by Gasteiger charge is 2.25. The first-order chi connectivity index (χ1) is 17.5. The van der Waals surface area contributed by atoms with E-state index in [9.17, 15) is 4.79 Å². The molecule has 0 aliphatic heterocycles. The van der Waals surface area contributed by atoms with Crippen molar-refractivity contribution in [2.24, 2.45) is 0 Å². The molecule has 0 spiro atoms. The van der Waals surface area contributed by atoms with Gasteiger partial charge in [0.25, 0.3) is 5.91 Å². The minimum absolute atomic E-state index is 0.133. The molecule has 0 bridgehead atoms. The van der Waals surface area contributed by atoms with Gasteiger partial charge in [0.05, 0.1) is 17.4 Å². The van der Waals surface area contributed by atoms with E-state index in [1.54, 1.807) is 30.7 Å². The number of amides is 1. The second kappa shape index (κ2) is 11.3. The van der Waals surface area contributed by atoms with Gasteiger partial charge in [-0.3, -0.25) is 14.8 Å². The van der Waals surface area contributed by atoms with Crippen LogP contribution in [0.3, 0.4) is 0 Å². The molecule has 186 valence electrons. The van der Waals surface area contributed by atoms with Gasteiger partial charge in [0.2, 0.25) is 0 Å². The molecule has 3 aromatic heterocycles. The van der Waals surface area contributed by atoms with Crippen molar-refractivity contribution in [3.05, 3.63) is 89.3 Å². The average Bonchev–Trinajstić information content (AvgIpc) is 3.28. The number of halogens is 1. The summed E-state index contributed by atoms with van der Waals surface area (Å²) in [5.74, 6) is -0.275. The van der Waals surface area contributed by atoms with Gasteiger partial charge in [-0.15, -0.1) is 0 Å². The maximum absolute atomic E-state index is 15.3. The number of nitrogens with zero attached hydrogens (tertiary/aromatic N) is 3. The Bertz CT molecular complexity index is 1370. The lowest BCUT2D eigenvalue weighted by atomic mass is 9.88. The predicted molar refractivity (Wildman–Crippen MR) is 143 cm³/mol. The van der Waals surface area contributed by atoms with E-state index in [2.05, 4.69) is 20.3 Å². The van der Waals surface area contributed by atoms with Crippen LogP contribution < -0.4 is 5.32 Å². The monoisotopic (exact) mass is 485 g/mol. The van der Waals surface area contributed by atoms with Gasteiger partial charge in [0, 0.05) is 65.2 Å². The zero-order valence-electron chi connectivity index (χ0n) is 21.2. The largest absolute Gasteiger partial charge is 0.357 e. The number of nitrogens with one attached hydrogen (secondary N) is 2. The van der Waals surface area contributed by atoms with E-state index in [1.165, 1.54) is 0 Å². The number of benzene rings is 1. The lowest BCUT2D eigenvalue weighted by molar-refractivity contribution is 0.0951. The first kappa shape index (κ1) is 25.3. The van der Waals surface area contributed by atoms with Crippen molar-refractivity contribution in [1.29, 1.82) is 0 Å².